The van der Waals surface area contributed by atoms with Crippen LogP contribution in [0.1, 0.15) is 12.0 Å². The van der Waals surface area contributed by atoms with Gasteiger partial charge in [0.05, 0.1) is 24.9 Å². The Balaban J connectivity index is 1.35. The van der Waals surface area contributed by atoms with Crippen LogP contribution in [0.3, 0.4) is 0 Å². The second kappa shape index (κ2) is 11.5. The molecule has 0 aromatic heterocycles. The Morgan fingerprint density at radius 2 is 2.10 bits per heavy atom. The second-order valence-electron chi connectivity index (χ2n) is 6.95. The van der Waals surface area contributed by atoms with Crippen molar-refractivity contribution < 1.29 is 19.4 Å². The molecule has 2 heterocycles. The molecule has 11 heteroatoms. The van der Waals surface area contributed by atoms with Crippen molar-refractivity contribution in [2.45, 2.75) is 23.8 Å². The number of aliphatic carboxylic acids is 1. The van der Waals surface area contributed by atoms with Gasteiger partial charge in [-0.05, 0) is 29.2 Å². The average molecular weight is 492 g/mol. The van der Waals surface area contributed by atoms with E-state index in [2.05, 4.69) is 15.5 Å². The molecule has 0 saturated carbocycles. The fourth-order valence-corrected chi connectivity index (χ4v) is 5.69. The molecular weight excluding hydrogens is 469 g/mol. The van der Waals surface area contributed by atoms with Crippen LogP contribution in [-0.2, 0) is 20.9 Å². The lowest BCUT2D eigenvalue weighted by Crippen LogP contribution is -2.47. The van der Waals surface area contributed by atoms with Crippen molar-refractivity contribution in [3.05, 3.63) is 44.9 Å². The molecule has 30 heavy (non-hydrogen) atoms. The number of hydrogen-bond donors (Lipinski definition) is 3. The highest BCUT2D eigenvalue weighted by molar-refractivity contribution is 8.18. The largest absolute Gasteiger partial charge is 0.481 e. The number of amides is 1. The van der Waals surface area contributed by atoms with Crippen molar-refractivity contribution in [2.75, 3.05) is 32.0 Å². The highest BCUT2D eigenvalue weighted by Crippen LogP contribution is 2.30. The number of rotatable bonds is 9. The van der Waals surface area contributed by atoms with Gasteiger partial charge in [-0.15, -0.1) is 11.8 Å². The molecule has 0 bridgehead atoms. The van der Waals surface area contributed by atoms with Gasteiger partial charge in [-0.1, -0.05) is 35.0 Å². The molecule has 1 aromatic rings. The van der Waals surface area contributed by atoms with E-state index in [9.17, 15) is 9.59 Å². The lowest BCUT2D eigenvalue weighted by molar-refractivity contribution is -0.136. The van der Waals surface area contributed by atoms with Gasteiger partial charge in [0.1, 0.15) is 4.71 Å². The van der Waals surface area contributed by atoms with Crippen LogP contribution in [0.5, 0.6) is 0 Å². The highest BCUT2D eigenvalue weighted by atomic mass is 35.5. The van der Waals surface area contributed by atoms with Crippen molar-refractivity contribution >= 4 is 58.6 Å². The molecule has 1 aromatic carbocycles. The van der Waals surface area contributed by atoms with Gasteiger partial charge in [-0.2, -0.15) is 0 Å². The molecule has 3 rings (SSSR count). The highest BCUT2D eigenvalue weighted by Gasteiger charge is 2.23. The molecule has 2 atom stereocenters. The van der Waals surface area contributed by atoms with Crippen molar-refractivity contribution in [3.63, 3.8) is 0 Å². The normalized spacial score (nSPS) is 21.7. The number of halogens is 2. The molecule has 0 spiro atoms. The Hall–Kier alpha value is -1.10. The summed E-state index contributed by atoms with van der Waals surface area (Å²) < 4.78 is 5.73. The van der Waals surface area contributed by atoms with E-state index >= 15 is 0 Å². The molecule has 2 aliphatic heterocycles. The Morgan fingerprint density at radius 1 is 1.33 bits per heavy atom. The molecule has 0 radical (unpaired) electrons. The Kier molecular flexibility index (Phi) is 9.03. The van der Waals surface area contributed by atoms with Crippen molar-refractivity contribution in [1.29, 1.82) is 0 Å². The zero-order valence-electron chi connectivity index (χ0n) is 16.1. The van der Waals surface area contributed by atoms with Crippen LogP contribution in [-0.4, -0.2) is 64.7 Å². The van der Waals surface area contributed by atoms with E-state index < -0.39 is 5.97 Å². The molecule has 1 fully saturated rings. The quantitative estimate of drug-likeness (QED) is 0.485. The topological polar surface area (TPSA) is 90.9 Å². The Labute approximate surface area is 193 Å². The van der Waals surface area contributed by atoms with E-state index in [1.807, 2.05) is 12.1 Å². The minimum absolute atomic E-state index is 0.0346. The number of benzene rings is 1. The van der Waals surface area contributed by atoms with E-state index in [-0.39, 0.29) is 28.9 Å². The van der Waals surface area contributed by atoms with Crippen LogP contribution in [0.2, 0.25) is 10.0 Å². The van der Waals surface area contributed by atoms with E-state index in [1.54, 1.807) is 11.5 Å². The number of carboxylic acids is 1. The summed E-state index contributed by atoms with van der Waals surface area (Å²) in [6.45, 7) is 3.28. The zero-order chi connectivity index (χ0) is 21.5. The molecule has 0 aliphatic carbocycles. The van der Waals surface area contributed by atoms with Gasteiger partial charge in [0.2, 0.25) is 5.91 Å². The first-order valence-electron chi connectivity index (χ1n) is 9.37. The SMILES string of the molecule is O=C(O)CC1=CSC(SCC(=O)NC[C@H]2CN(Cc3cc(Cl)cc(Cl)c3)CCO2)N1. The summed E-state index contributed by atoms with van der Waals surface area (Å²) in [5, 5.41) is 17.9. The predicted octanol–water partition coefficient (Wildman–Crippen LogP) is 2.98. The van der Waals surface area contributed by atoms with Gasteiger partial charge < -0.3 is 20.5 Å². The van der Waals surface area contributed by atoms with E-state index in [0.29, 0.717) is 35.4 Å². The fraction of sp³-hybridized carbons (Fsp3) is 0.474. The van der Waals surface area contributed by atoms with Crippen LogP contribution in [0.25, 0.3) is 0 Å². The minimum atomic E-state index is -0.877. The number of morpholine rings is 1. The molecule has 164 valence electrons. The summed E-state index contributed by atoms with van der Waals surface area (Å²) in [6.07, 6.45) is -0.113. The van der Waals surface area contributed by atoms with Crippen LogP contribution in [0, 0.1) is 0 Å². The van der Waals surface area contributed by atoms with Crippen LogP contribution < -0.4 is 10.6 Å². The van der Waals surface area contributed by atoms with Gasteiger partial charge in [0, 0.05) is 41.9 Å². The van der Waals surface area contributed by atoms with Crippen molar-refractivity contribution in [1.82, 2.24) is 15.5 Å². The zero-order valence-corrected chi connectivity index (χ0v) is 19.3. The first-order valence-corrected chi connectivity index (χ1v) is 12.1. The molecular formula is C19H23Cl2N3O4S2. The van der Waals surface area contributed by atoms with Crippen molar-refractivity contribution in [2.24, 2.45) is 0 Å². The maximum atomic E-state index is 12.2. The number of ether oxygens (including phenoxy) is 1. The standard InChI is InChI=1S/C19H23Cl2N3O4S2/c20-13-3-12(4-14(21)5-13)8-24-1-2-28-16(9-24)7-22-17(25)11-30-19-23-15(10-29-19)6-18(26)27/h3-5,10,16,19,23H,1-2,6-9,11H2,(H,22,25)(H,26,27)/t16-,19?/m0/s1. The molecule has 1 amide bonds. The van der Waals surface area contributed by atoms with Crippen LogP contribution >= 0.6 is 46.7 Å². The number of carbonyl (C=O) groups excluding carboxylic acids is 1. The number of nitrogens with zero attached hydrogens (tertiary/aromatic N) is 1. The molecule has 7 nitrogen and oxygen atoms in total. The minimum Gasteiger partial charge on any atom is -0.481 e. The first kappa shape index (κ1) is 23.6. The molecule has 3 N–H and O–H groups in total. The van der Waals surface area contributed by atoms with Gasteiger partial charge in [0.15, 0.2) is 0 Å². The summed E-state index contributed by atoms with van der Waals surface area (Å²) in [6, 6.07) is 5.52. The maximum absolute atomic E-state index is 12.2. The van der Waals surface area contributed by atoms with E-state index in [4.69, 9.17) is 33.0 Å². The van der Waals surface area contributed by atoms with Crippen molar-refractivity contribution in [3.8, 4) is 0 Å². The summed E-state index contributed by atoms with van der Waals surface area (Å²) in [5.74, 6) is -0.662. The van der Waals surface area contributed by atoms with Gasteiger partial charge in [-0.25, -0.2) is 0 Å². The number of carbonyl (C=O) groups is 2. The average Bonchev–Trinajstić information content (AvgIpc) is 3.11. The maximum Gasteiger partial charge on any atom is 0.309 e. The van der Waals surface area contributed by atoms with Gasteiger partial charge >= 0.3 is 5.97 Å². The number of thioether (sulfide) groups is 2. The lowest BCUT2D eigenvalue weighted by Gasteiger charge is -2.33. The number of carboxylic acid groups (broad SMARTS) is 1. The summed E-state index contributed by atoms with van der Waals surface area (Å²) in [7, 11) is 0. The summed E-state index contributed by atoms with van der Waals surface area (Å²) >= 11 is 15.1. The van der Waals surface area contributed by atoms with E-state index in [0.717, 1.165) is 18.7 Å². The van der Waals surface area contributed by atoms with Gasteiger partial charge in [-0.3, -0.25) is 14.5 Å². The number of nitrogens with one attached hydrogen (secondary N) is 2. The van der Waals surface area contributed by atoms with Crippen LogP contribution in [0.4, 0.5) is 0 Å². The fourth-order valence-electron chi connectivity index (χ4n) is 3.14. The second-order valence-corrected chi connectivity index (χ2v) is 10.2. The summed E-state index contributed by atoms with van der Waals surface area (Å²) in [4.78, 5) is 25.2. The Bertz CT molecular complexity index is 792. The molecule has 1 unspecified atom stereocenters. The smallest absolute Gasteiger partial charge is 0.309 e. The third-order valence-corrected chi connectivity index (χ3v) is 7.24. The first-order chi connectivity index (χ1) is 14.4. The third-order valence-electron chi connectivity index (χ3n) is 4.42. The Morgan fingerprint density at radius 3 is 2.83 bits per heavy atom. The number of hydrogen-bond acceptors (Lipinski definition) is 7. The lowest BCUT2D eigenvalue weighted by atomic mass is 10.2. The van der Waals surface area contributed by atoms with Crippen LogP contribution in [0.15, 0.2) is 29.3 Å². The molecule has 1 saturated heterocycles. The third kappa shape index (κ3) is 7.86. The van der Waals surface area contributed by atoms with E-state index in [1.165, 1.54) is 23.5 Å². The van der Waals surface area contributed by atoms with Gasteiger partial charge in [0.25, 0.3) is 0 Å². The predicted molar refractivity (Wildman–Crippen MR) is 122 cm³/mol. The monoisotopic (exact) mass is 491 g/mol. The summed E-state index contributed by atoms with van der Waals surface area (Å²) in [5.41, 5.74) is 1.72. The molecule has 2 aliphatic rings.